The van der Waals surface area contributed by atoms with Gasteiger partial charge in [0, 0.05) is 0 Å². The summed E-state index contributed by atoms with van der Waals surface area (Å²) in [5.41, 5.74) is 0. The third-order valence-corrected chi connectivity index (χ3v) is 2.63. The first-order valence-corrected chi connectivity index (χ1v) is 4.22. The molecule has 0 aliphatic carbocycles. The van der Waals surface area contributed by atoms with Crippen molar-refractivity contribution in [3.8, 4) is 0 Å². The highest BCUT2D eigenvalue weighted by molar-refractivity contribution is 7.96. The Kier molecular flexibility index (Phi) is 1.28. The van der Waals surface area contributed by atoms with E-state index in [0.29, 0.717) is 0 Å². The minimum Gasteiger partial charge on any atom is -0.211 e. The zero-order valence-corrected chi connectivity index (χ0v) is 5.53. The molecule has 0 amide bonds. The van der Waals surface area contributed by atoms with E-state index in [9.17, 15) is 8.42 Å². The first-order valence-electron chi connectivity index (χ1n) is 2.68. The maximum absolute atomic E-state index is 10.4. The Morgan fingerprint density at radius 2 is 2.12 bits per heavy atom. The lowest BCUT2D eigenvalue weighted by Gasteiger charge is -1.79. The normalized spacial score (nSPS) is 32.4. The van der Waals surface area contributed by atoms with E-state index in [1.165, 1.54) is 0 Å². The van der Waals surface area contributed by atoms with E-state index >= 15 is 0 Å². The molecule has 0 aromatic rings. The summed E-state index contributed by atoms with van der Waals surface area (Å²) in [5.74, 6) is 0. The summed E-state index contributed by atoms with van der Waals surface area (Å²) < 4.78 is 23.1. The van der Waals surface area contributed by atoms with Crippen LogP contribution in [0, 0.1) is 0 Å². The highest BCUT2D eigenvalue weighted by atomic mass is 32.2. The fourth-order valence-electron chi connectivity index (χ4n) is 0.632. The fraction of sp³-hybridized carbons (Fsp3) is 1.00. The third-order valence-electron chi connectivity index (χ3n) is 1.16. The molecule has 1 atom stereocenters. The van der Waals surface area contributed by atoms with Gasteiger partial charge in [-0.2, -0.15) is 4.72 Å². The number of hydrogen-bond acceptors (Lipinski definition) is 2. The van der Waals surface area contributed by atoms with Gasteiger partial charge in [-0.25, -0.2) is 8.42 Å². The van der Waals surface area contributed by atoms with Crippen molar-refractivity contribution in [1.29, 1.82) is 0 Å². The smallest absolute Gasteiger partial charge is 0.211 e. The number of nitrogens with one attached hydrogen (secondary N) is 1. The Morgan fingerprint density at radius 1 is 1.62 bits per heavy atom. The molecule has 1 rings (SSSR count). The predicted octanol–water partition coefficient (Wildman–Crippen LogP) is 0.0456. The lowest BCUT2D eigenvalue weighted by atomic mass is 10.3. The van der Waals surface area contributed by atoms with Gasteiger partial charge in [0.25, 0.3) is 0 Å². The summed E-state index contributed by atoms with van der Waals surface area (Å²) in [7, 11) is -2.77. The number of sulfonamides is 1. The lowest BCUT2D eigenvalue weighted by Crippen LogP contribution is -1.86. The van der Waals surface area contributed by atoms with E-state index in [2.05, 4.69) is 4.72 Å². The molecule has 0 radical (unpaired) electrons. The van der Waals surface area contributed by atoms with Crippen molar-refractivity contribution in [1.82, 2.24) is 4.72 Å². The molecule has 1 heterocycles. The van der Waals surface area contributed by atoms with Gasteiger partial charge in [-0.05, 0) is 6.42 Å². The van der Waals surface area contributed by atoms with Gasteiger partial charge in [-0.1, -0.05) is 13.3 Å². The molecule has 0 aromatic heterocycles. The van der Waals surface area contributed by atoms with Crippen LogP contribution >= 0.6 is 0 Å². The summed E-state index contributed by atoms with van der Waals surface area (Å²) in [6.45, 7) is 1.97. The van der Waals surface area contributed by atoms with Gasteiger partial charge in [0.1, 0.15) is 5.37 Å². The van der Waals surface area contributed by atoms with E-state index in [4.69, 9.17) is 0 Å². The van der Waals surface area contributed by atoms with Crippen LogP contribution in [-0.4, -0.2) is 13.8 Å². The van der Waals surface area contributed by atoms with Crippen LogP contribution in [0.5, 0.6) is 0 Å². The molecule has 1 aliphatic heterocycles. The zero-order valence-electron chi connectivity index (χ0n) is 4.72. The zero-order chi connectivity index (χ0) is 6.20. The highest BCUT2D eigenvalue weighted by Crippen LogP contribution is 2.17. The van der Waals surface area contributed by atoms with Gasteiger partial charge in [-0.3, -0.25) is 0 Å². The molecule has 1 aliphatic rings. The molecular formula is C4H9NO2S. The molecule has 0 bridgehead atoms. The Labute approximate surface area is 49.1 Å². The van der Waals surface area contributed by atoms with Crippen molar-refractivity contribution in [2.24, 2.45) is 0 Å². The van der Waals surface area contributed by atoms with Gasteiger partial charge in [0.2, 0.25) is 10.0 Å². The van der Waals surface area contributed by atoms with Crippen LogP contribution in [0.1, 0.15) is 19.8 Å². The van der Waals surface area contributed by atoms with Gasteiger partial charge < -0.3 is 0 Å². The average molecular weight is 135 g/mol. The van der Waals surface area contributed by atoms with Gasteiger partial charge in [0.05, 0.1) is 0 Å². The second-order valence-electron chi connectivity index (χ2n) is 1.94. The Morgan fingerprint density at radius 3 is 2.25 bits per heavy atom. The molecular weight excluding hydrogens is 126 g/mol. The van der Waals surface area contributed by atoms with Crippen molar-refractivity contribution in [2.45, 2.75) is 25.1 Å². The molecule has 1 unspecified atom stereocenters. The van der Waals surface area contributed by atoms with Crippen molar-refractivity contribution in [3.63, 3.8) is 0 Å². The quantitative estimate of drug-likeness (QED) is 0.544. The van der Waals surface area contributed by atoms with Gasteiger partial charge in [-0.15, -0.1) is 0 Å². The minimum absolute atomic E-state index is 0.215. The van der Waals surface area contributed by atoms with Crippen molar-refractivity contribution >= 4 is 10.0 Å². The largest absolute Gasteiger partial charge is 0.229 e. The van der Waals surface area contributed by atoms with Crippen molar-refractivity contribution in [2.75, 3.05) is 0 Å². The second kappa shape index (κ2) is 1.70. The maximum atomic E-state index is 10.4. The Balaban J connectivity index is 2.38. The Bertz CT molecular complexity index is 172. The summed E-state index contributed by atoms with van der Waals surface area (Å²) in [6.07, 6.45) is 1.68. The van der Waals surface area contributed by atoms with Crippen LogP contribution in [0.4, 0.5) is 0 Å². The first kappa shape index (κ1) is 6.04. The van der Waals surface area contributed by atoms with E-state index in [0.717, 1.165) is 12.8 Å². The fourth-order valence-corrected chi connectivity index (χ4v) is 1.84. The second-order valence-corrected chi connectivity index (χ2v) is 3.83. The van der Waals surface area contributed by atoms with Crippen molar-refractivity contribution in [3.05, 3.63) is 0 Å². The molecule has 1 N–H and O–H groups in total. The summed E-state index contributed by atoms with van der Waals surface area (Å²) in [4.78, 5) is 0. The van der Waals surface area contributed by atoms with Crippen LogP contribution in [0.15, 0.2) is 0 Å². The third kappa shape index (κ3) is 1.00. The van der Waals surface area contributed by atoms with Gasteiger partial charge in [0.15, 0.2) is 0 Å². The van der Waals surface area contributed by atoms with E-state index in [1.807, 2.05) is 6.92 Å². The van der Waals surface area contributed by atoms with Crippen LogP contribution < -0.4 is 4.72 Å². The first-order chi connectivity index (χ1) is 3.67. The molecule has 1 fully saturated rings. The lowest BCUT2D eigenvalue weighted by molar-refractivity contribution is 0.609. The molecule has 3 nitrogen and oxygen atoms in total. The number of rotatable bonds is 2. The minimum atomic E-state index is -2.77. The van der Waals surface area contributed by atoms with E-state index < -0.39 is 10.0 Å². The number of hydrogen-bond donors (Lipinski definition) is 1. The topological polar surface area (TPSA) is 56.1 Å². The highest BCUT2D eigenvalue weighted by Gasteiger charge is 2.41. The molecule has 0 spiro atoms. The predicted molar refractivity (Wildman–Crippen MR) is 30.8 cm³/mol. The monoisotopic (exact) mass is 135 g/mol. The van der Waals surface area contributed by atoms with E-state index in [-0.39, 0.29) is 5.37 Å². The van der Waals surface area contributed by atoms with Crippen LogP contribution in [-0.2, 0) is 10.0 Å². The van der Waals surface area contributed by atoms with E-state index in [1.54, 1.807) is 0 Å². The summed E-state index contributed by atoms with van der Waals surface area (Å²) in [5, 5.41) is -0.215. The molecule has 48 valence electrons. The molecule has 4 heteroatoms. The molecule has 1 saturated heterocycles. The van der Waals surface area contributed by atoms with Crippen LogP contribution in [0.2, 0.25) is 0 Å². The maximum Gasteiger partial charge on any atom is 0.229 e. The Hall–Kier alpha value is -0.0900. The summed E-state index contributed by atoms with van der Waals surface area (Å²) >= 11 is 0. The van der Waals surface area contributed by atoms with Crippen LogP contribution in [0.25, 0.3) is 0 Å². The SMILES string of the molecule is CCCC1NS1(=O)=O. The molecule has 0 saturated carbocycles. The van der Waals surface area contributed by atoms with Crippen molar-refractivity contribution < 1.29 is 8.42 Å². The molecule has 0 aromatic carbocycles. The standard InChI is InChI=1S/C4H9NO2S/c1-2-3-4-5-8(4,6)7/h4-5H,2-3H2,1H3. The van der Waals surface area contributed by atoms with Gasteiger partial charge >= 0.3 is 0 Å². The molecule has 8 heavy (non-hydrogen) atoms. The summed E-state index contributed by atoms with van der Waals surface area (Å²) in [6, 6.07) is 0. The average Bonchev–Trinajstić information content (AvgIpc) is 2.15. The van der Waals surface area contributed by atoms with Crippen LogP contribution in [0.3, 0.4) is 0 Å².